The number of hydrogen-bond donors (Lipinski definition) is 4. The van der Waals surface area contributed by atoms with Crippen molar-refractivity contribution in [3.8, 4) is 0 Å². The largest absolute Gasteiger partial charge is 0.387 e. The average Bonchev–Trinajstić information content (AvgIpc) is 2.88. The maximum Gasteiger partial charge on any atom is 0.143 e. The van der Waals surface area contributed by atoms with Gasteiger partial charge in [-0.1, -0.05) is 119 Å². The highest BCUT2D eigenvalue weighted by molar-refractivity contribution is 5.44. The molecule has 0 amide bonds. The average molecular weight is 483 g/mol. The number of aryl methyl sites for hydroxylation is 4. The molecule has 0 aliphatic heterocycles. The number of hydrogen-bond acceptors (Lipinski definition) is 4. The highest BCUT2D eigenvalue weighted by Crippen LogP contribution is 2.42. The monoisotopic (exact) mass is 482 g/mol. The summed E-state index contributed by atoms with van der Waals surface area (Å²) in [6.45, 7) is 7.75. The molecular weight excluding hydrogens is 448 g/mol. The summed E-state index contributed by atoms with van der Waals surface area (Å²) in [5, 5.41) is 48.0. The Bertz CT molecular complexity index is 1090. The van der Waals surface area contributed by atoms with Crippen LogP contribution >= 0.6 is 0 Å². The lowest BCUT2D eigenvalue weighted by Gasteiger charge is -2.43. The Kier molecular flexibility index (Phi) is 7.17. The first-order valence-electron chi connectivity index (χ1n) is 12.2. The Morgan fingerprint density at radius 3 is 0.722 bits per heavy atom. The third kappa shape index (κ3) is 4.61. The fraction of sp³-hybridized carbons (Fsp3) is 0.250. The van der Waals surface area contributed by atoms with Crippen LogP contribution in [0.5, 0.6) is 0 Å². The molecule has 0 radical (unpaired) electrons. The fourth-order valence-corrected chi connectivity index (χ4v) is 4.70. The lowest BCUT2D eigenvalue weighted by Crippen LogP contribution is -2.56. The van der Waals surface area contributed by atoms with E-state index in [1.165, 1.54) is 0 Å². The quantitative estimate of drug-likeness (QED) is 0.305. The van der Waals surface area contributed by atoms with Gasteiger partial charge in [-0.05, 0) is 49.9 Å². The Morgan fingerprint density at radius 1 is 0.389 bits per heavy atom. The van der Waals surface area contributed by atoms with E-state index in [2.05, 4.69) is 0 Å². The minimum atomic E-state index is -2.00. The molecule has 0 heterocycles. The number of aliphatic hydroxyl groups is 4. The molecule has 0 aliphatic rings. The Labute approximate surface area is 213 Å². The zero-order chi connectivity index (χ0) is 26.1. The lowest BCUT2D eigenvalue weighted by atomic mass is 9.71. The molecule has 36 heavy (non-hydrogen) atoms. The maximum atomic E-state index is 12.2. The summed E-state index contributed by atoms with van der Waals surface area (Å²) in [7, 11) is 0. The second-order valence-electron chi connectivity index (χ2n) is 9.89. The lowest BCUT2D eigenvalue weighted by molar-refractivity contribution is -0.167. The molecular formula is C32H34O4. The van der Waals surface area contributed by atoms with Gasteiger partial charge < -0.3 is 20.4 Å². The highest BCUT2D eigenvalue weighted by atomic mass is 16.4. The predicted octanol–water partition coefficient (Wildman–Crippen LogP) is 4.81. The minimum Gasteiger partial charge on any atom is -0.387 e. The Hall–Kier alpha value is -3.28. The van der Waals surface area contributed by atoms with Crippen molar-refractivity contribution in [3.63, 3.8) is 0 Å². The molecule has 4 aromatic carbocycles. The summed E-state index contributed by atoms with van der Waals surface area (Å²) in [4.78, 5) is 0. The molecule has 0 bridgehead atoms. The molecule has 2 atom stereocenters. The molecule has 0 saturated carbocycles. The van der Waals surface area contributed by atoms with Crippen LogP contribution in [0.15, 0.2) is 97.1 Å². The van der Waals surface area contributed by atoms with Gasteiger partial charge in [-0.25, -0.2) is 0 Å². The summed E-state index contributed by atoms with van der Waals surface area (Å²) in [6.07, 6.45) is -3.56. The molecule has 0 saturated heterocycles. The minimum absolute atomic E-state index is 0.415. The summed E-state index contributed by atoms with van der Waals surface area (Å²) >= 11 is 0. The van der Waals surface area contributed by atoms with Crippen LogP contribution in [0.1, 0.15) is 44.5 Å². The first-order valence-corrected chi connectivity index (χ1v) is 12.2. The second kappa shape index (κ2) is 10.00. The molecule has 186 valence electrons. The number of rotatable bonds is 7. The molecule has 4 N–H and O–H groups in total. The maximum absolute atomic E-state index is 12.2. The van der Waals surface area contributed by atoms with Gasteiger partial charge in [0.2, 0.25) is 0 Å². The van der Waals surface area contributed by atoms with Crippen LogP contribution in [-0.2, 0) is 11.2 Å². The predicted molar refractivity (Wildman–Crippen MR) is 143 cm³/mol. The van der Waals surface area contributed by atoms with Gasteiger partial charge in [0.1, 0.15) is 23.4 Å². The zero-order valence-electron chi connectivity index (χ0n) is 21.2. The zero-order valence-corrected chi connectivity index (χ0v) is 21.2. The smallest absolute Gasteiger partial charge is 0.143 e. The van der Waals surface area contributed by atoms with E-state index in [-0.39, 0.29) is 0 Å². The van der Waals surface area contributed by atoms with E-state index < -0.39 is 23.4 Å². The molecule has 0 aliphatic carbocycles. The van der Waals surface area contributed by atoms with Gasteiger partial charge in [-0.2, -0.15) is 0 Å². The molecule has 4 heteroatoms. The van der Waals surface area contributed by atoms with Crippen LogP contribution in [0.3, 0.4) is 0 Å². The van der Waals surface area contributed by atoms with Crippen molar-refractivity contribution < 1.29 is 20.4 Å². The Balaban J connectivity index is 1.90. The van der Waals surface area contributed by atoms with E-state index in [1.54, 1.807) is 48.5 Å². The Morgan fingerprint density at radius 2 is 0.556 bits per heavy atom. The van der Waals surface area contributed by atoms with Crippen LogP contribution in [0.4, 0.5) is 0 Å². The van der Waals surface area contributed by atoms with Gasteiger partial charge >= 0.3 is 0 Å². The molecule has 4 rings (SSSR count). The van der Waals surface area contributed by atoms with E-state index in [0.29, 0.717) is 22.3 Å². The third-order valence-electron chi connectivity index (χ3n) is 7.12. The fourth-order valence-electron chi connectivity index (χ4n) is 4.70. The van der Waals surface area contributed by atoms with Gasteiger partial charge in [0.25, 0.3) is 0 Å². The van der Waals surface area contributed by atoms with E-state index in [0.717, 1.165) is 22.3 Å². The summed E-state index contributed by atoms with van der Waals surface area (Å²) in [5.74, 6) is 0. The topological polar surface area (TPSA) is 80.9 Å². The molecule has 0 aromatic heterocycles. The van der Waals surface area contributed by atoms with Crippen molar-refractivity contribution in [2.45, 2.75) is 51.1 Å². The standard InChI is InChI=1S/C32H34O4/c1-21-5-13-25(14-6-21)31(35,26-15-7-22(2)8-16-26)29(33)30(34)32(36,27-17-9-23(3)10-18-27)28-19-11-24(4)12-20-28/h5-20,29-30,33-36H,1-4H3. The molecule has 4 aromatic rings. The highest BCUT2D eigenvalue weighted by Gasteiger charge is 2.52. The van der Waals surface area contributed by atoms with Crippen LogP contribution in [0.25, 0.3) is 0 Å². The van der Waals surface area contributed by atoms with Gasteiger partial charge in [0.05, 0.1) is 0 Å². The molecule has 0 spiro atoms. The number of aliphatic hydroxyl groups excluding tert-OH is 2. The van der Waals surface area contributed by atoms with Crippen molar-refractivity contribution in [1.82, 2.24) is 0 Å². The summed E-state index contributed by atoms with van der Waals surface area (Å²) < 4.78 is 0. The molecule has 4 nitrogen and oxygen atoms in total. The normalized spacial score (nSPS) is 13.9. The van der Waals surface area contributed by atoms with E-state index >= 15 is 0 Å². The van der Waals surface area contributed by atoms with Gasteiger partial charge in [-0.15, -0.1) is 0 Å². The van der Waals surface area contributed by atoms with Crippen molar-refractivity contribution in [2.24, 2.45) is 0 Å². The van der Waals surface area contributed by atoms with Crippen molar-refractivity contribution >= 4 is 0 Å². The summed E-state index contributed by atoms with van der Waals surface area (Å²) in [5.41, 5.74) is 1.65. The second-order valence-corrected chi connectivity index (χ2v) is 9.89. The van der Waals surface area contributed by atoms with E-state index in [1.807, 2.05) is 76.2 Å². The van der Waals surface area contributed by atoms with Crippen LogP contribution in [0.2, 0.25) is 0 Å². The van der Waals surface area contributed by atoms with Gasteiger partial charge in [-0.3, -0.25) is 0 Å². The van der Waals surface area contributed by atoms with Crippen molar-refractivity contribution in [2.75, 3.05) is 0 Å². The molecule has 0 fully saturated rings. The van der Waals surface area contributed by atoms with Crippen LogP contribution in [-0.4, -0.2) is 32.6 Å². The van der Waals surface area contributed by atoms with Gasteiger partial charge in [0, 0.05) is 0 Å². The van der Waals surface area contributed by atoms with Crippen LogP contribution in [0, 0.1) is 27.7 Å². The first kappa shape index (κ1) is 25.8. The third-order valence-corrected chi connectivity index (χ3v) is 7.12. The van der Waals surface area contributed by atoms with Crippen molar-refractivity contribution in [3.05, 3.63) is 142 Å². The SMILES string of the molecule is Cc1ccc(C(O)(c2ccc(C)cc2)C(O)C(O)C(O)(c2ccc(C)cc2)c2ccc(C)cc2)cc1. The summed E-state index contributed by atoms with van der Waals surface area (Å²) in [6, 6.07) is 28.7. The van der Waals surface area contributed by atoms with Crippen LogP contribution < -0.4 is 0 Å². The van der Waals surface area contributed by atoms with Crippen molar-refractivity contribution in [1.29, 1.82) is 0 Å². The first-order chi connectivity index (χ1) is 17.1. The van der Waals surface area contributed by atoms with E-state index in [9.17, 15) is 20.4 Å². The number of benzene rings is 4. The molecule has 2 unspecified atom stereocenters. The van der Waals surface area contributed by atoms with E-state index in [4.69, 9.17) is 0 Å². The van der Waals surface area contributed by atoms with Gasteiger partial charge in [0.15, 0.2) is 0 Å².